The van der Waals surface area contributed by atoms with Crippen molar-refractivity contribution in [3.8, 4) is 10.7 Å². The van der Waals surface area contributed by atoms with Crippen LogP contribution >= 0.6 is 34.4 Å². The van der Waals surface area contributed by atoms with Gasteiger partial charge in [-0.2, -0.15) is 4.98 Å². The third kappa shape index (κ3) is 4.22. The normalized spacial score (nSPS) is 10.9. The number of nitrogens with one attached hydrogen (secondary N) is 1. The van der Waals surface area contributed by atoms with Crippen molar-refractivity contribution in [2.24, 2.45) is 0 Å². The van der Waals surface area contributed by atoms with Crippen molar-refractivity contribution in [2.75, 3.05) is 11.6 Å². The lowest BCUT2D eigenvalue weighted by atomic mass is 10.2. The van der Waals surface area contributed by atoms with Crippen LogP contribution in [0.4, 0.5) is 5.13 Å². The second kappa shape index (κ2) is 7.91. The second-order valence-electron chi connectivity index (χ2n) is 4.99. The van der Waals surface area contributed by atoms with E-state index in [0.717, 1.165) is 14.8 Å². The first-order valence-corrected chi connectivity index (χ1v) is 10.3. The van der Waals surface area contributed by atoms with E-state index in [2.05, 4.69) is 20.4 Å². The molecule has 3 rings (SSSR count). The molecule has 0 fully saturated rings. The topological polar surface area (TPSA) is 80.9 Å². The lowest BCUT2D eigenvalue weighted by Crippen LogP contribution is -2.11. The van der Waals surface area contributed by atoms with Crippen LogP contribution in [0.2, 0.25) is 0 Å². The summed E-state index contributed by atoms with van der Waals surface area (Å²) in [6, 6.07) is 3.90. The maximum atomic E-state index is 12.0. The lowest BCUT2D eigenvalue weighted by molar-refractivity contribution is -0.116. The van der Waals surface area contributed by atoms with Gasteiger partial charge in [0.15, 0.2) is 5.13 Å². The molecule has 9 heteroatoms. The molecule has 0 saturated carbocycles. The first kappa shape index (κ1) is 17.1. The third-order valence-electron chi connectivity index (χ3n) is 3.19. The van der Waals surface area contributed by atoms with Crippen LogP contribution in [-0.4, -0.2) is 27.3 Å². The number of hydrogen-bond acceptors (Lipinski definition) is 8. The SMILES string of the molecule is CSc1sc(NC(=O)CCCc2nc(-c3cccs3)no2)nc1C. The standard InChI is InChI=1S/C15H16N4O2S3/c1-9-14(22-2)24-15(16-9)17-11(20)6-3-7-12-18-13(19-21-12)10-5-4-8-23-10/h4-5,8H,3,6-7H2,1-2H3,(H,16,17,20). The van der Waals surface area contributed by atoms with Gasteiger partial charge in [-0.3, -0.25) is 4.79 Å². The van der Waals surface area contributed by atoms with Gasteiger partial charge in [0, 0.05) is 12.8 Å². The summed E-state index contributed by atoms with van der Waals surface area (Å²) in [4.78, 5) is 21.7. The van der Waals surface area contributed by atoms with E-state index in [4.69, 9.17) is 4.52 Å². The second-order valence-corrected chi connectivity index (χ2v) is 8.01. The highest BCUT2D eigenvalue weighted by atomic mass is 32.2. The molecule has 0 atom stereocenters. The zero-order chi connectivity index (χ0) is 16.9. The average Bonchev–Trinajstić information content (AvgIpc) is 3.27. The van der Waals surface area contributed by atoms with Gasteiger partial charge in [-0.25, -0.2) is 4.98 Å². The molecular weight excluding hydrogens is 364 g/mol. The van der Waals surface area contributed by atoms with Gasteiger partial charge < -0.3 is 9.84 Å². The van der Waals surface area contributed by atoms with Gasteiger partial charge in [-0.05, 0) is 31.0 Å². The molecule has 3 heterocycles. The van der Waals surface area contributed by atoms with E-state index in [1.165, 1.54) is 11.3 Å². The number of carbonyl (C=O) groups is 1. The summed E-state index contributed by atoms with van der Waals surface area (Å²) in [5, 5.41) is 9.42. The molecule has 6 nitrogen and oxygen atoms in total. The van der Waals surface area contributed by atoms with Crippen LogP contribution in [0.1, 0.15) is 24.4 Å². The summed E-state index contributed by atoms with van der Waals surface area (Å²) in [6.07, 6.45) is 3.63. The van der Waals surface area contributed by atoms with Crippen molar-refractivity contribution in [3.63, 3.8) is 0 Å². The van der Waals surface area contributed by atoms with E-state index in [-0.39, 0.29) is 5.91 Å². The molecule has 0 saturated heterocycles. The summed E-state index contributed by atoms with van der Waals surface area (Å²) >= 11 is 4.70. The van der Waals surface area contributed by atoms with Crippen molar-refractivity contribution in [1.29, 1.82) is 0 Å². The molecule has 0 radical (unpaired) electrons. The van der Waals surface area contributed by atoms with Gasteiger partial charge in [-0.15, -0.1) is 23.1 Å². The van der Waals surface area contributed by atoms with Crippen molar-refractivity contribution in [3.05, 3.63) is 29.1 Å². The number of thioether (sulfide) groups is 1. The van der Waals surface area contributed by atoms with Crippen LogP contribution in [0.25, 0.3) is 10.7 Å². The Hall–Kier alpha value is -1.71. The van der Waals surface area contributed by atoms with Crippen LogP contribution in [0.15, 0.2) is 26.2 Å². The number of thiophene rings is 1. The van der Waals surface area contributed by atoms with E-state index in [9.17, 15) is 4.79 Å². The molecule has 0 aromatic carbocycles. The number of anilines is 1. The number of hydrogen-bond donors (Lipinski definition) is 1. The van der Waals surface area contributed by atoms with Gasteiger partial charge in [-0.1, -0.05) is 22.6 Å². The molecule has 0 aliphatic rings. The van der Waals surface area contributed by atoms with Crippen molar-refractivity contribution >= 4 is 45.5 Å². The molecule has 0 aliphatic carbocycles. The Balaban J connectivity index is 1.46. The number of thiazole rings is 1. The zero-order valence-corrected chi connectivity index (χ0v) is 15.7. The molecule has 3 aromatic rings. The molecular formula is C15H16N4O2S3. The third-order valence-corrected chi connectivity index (χ3v) is 6.34. The van der Waals surface area contributed by atoms with Crippen molar-refractivity contribution in [2.45, 2.75) is 30.4 Å². The predicted octanol–water partition coefficient (Wildman–Crippen LogP) is 4.25. The Morgan fingerprint density at radius 3 is 3.00 bits per heavy atom. The summed E-state index contributed by atoms with van der Waals surface area (Å²) in [5.74, 6) is 1.11. The smallest absolute Gasteiger partial charge is 0.226 e. The van der Waals surface area contributed by atoms with E-state index in [1.54, 1.807) is 23.1 Å². The Bertz CT molecular complexity index is 811. The largest absolute Gasteiger partial charge is 0.339 e. The number of rotatable bonds is 7. The molecule has 1 amide bonds. The van der Waals surface area contributed by atoms with Crippen LogP contribution in [-0.2, 0) is 11.2 Å². The number of nitrogens with zero attached hydrogens (tertiary/aromatic N) is 3. The molecule has 3 aromatic heterocycles. The Morgan fingerprint density at radius 1 is 1.42 bits per heavy atom. The fourth-order valence-corrected chi connectivity index (χ4v) is 4.35. The molecule has 24 heavy (non-hydrogen) atoms. The van der Waals surface area contributed by atoms with Gasteiger partial charge in [0.25, 0.3) is 0 Å². The summed E-state index contributed by atoms with van der Waals surface area (Å²) in [7, 11) is 0. The minimum absolute atomic E-state index is 0.0469. The van der Waals surface area contributed by atoms with Crippen LogP contribution in [0.5, 0.6) is 0 Å². The zero-order valence-electron chi connectivity index (χ0n) is 13.2. The van der Waals surface area contributed by atoms with E-state index in [1.807, 2.05) is 30.7 Å². The average molecular weight is 381 g/mol. The maximum absolute atomic E-state index is 12.0. The monoisotopic (exact) mass is 380 g/mol. The van der Waals surface area contributed by atoms with Gasteiger partial charge >= 0.3 is 0 Å². The number of aryl methyl sites for hydroxylation is 2. The Kier molecular flexibility index (Phi) is 5.64. The highest BCUT2D eigenvalue weighted by Crippen LogP contribution is 2.30. The Labute approximate surface area is 151 Å². The van der Waals surface area contributed by atoms with E-state index in [0.29, 0.717) is 36.1 Å². The number of amides is 1. The fourth-order valence-electron chi connectivity index (χ4n) is 2.07. The molecule has 126 valence electrons. The summed E-state index contributed by atoms with van der Waals surface area (Å²) < 4.78 is 6.35. The fraction of sp³-hybridized carbons (Fsp3) is 0.333. The van der Waals surface area contributed by atoms with Crippen LogP contribution in [0.3, 0.4) is 0 Å². The van der Waals surface area contributed by atoms with Gasteiger partial charge in [0.05, 0.1) is 14.8 Å². The first-order chi connectivity index (χ1) is 11.7. The van der Waals surface area contributed by atoms with Gasteiger partial charge in [0.2, 0.25) is 17.6 Å². The number of carbonyl (C=O) groups excluding carboxylic acids is 1. The minimum atomic E-state index is -0.0469. The summed E-state index contributed by atoms with van der Waals surface area (Å²) in [5.41, 5.74) is 0.953. The maximum Gasteiger partial charge on any atom is 0.226 e. The molecule has 0 unspecified atom stereocenters. The molecule has 0 bridgehead atoms. The lowest BCUT2D eigenvalue weighted by Gasteiger charge is -1.99. The first-order valence-electron chi connectivity index (χ1n) is 7.33. The highest BCUT2D eigenvalue weighted by molar-refractivity contribution is 8.00. The van der Waals surface area contributed by atoms with Crippen molar-refractivity contribution in [1.82, 2.24) is 15.1 Å². The van der Waals surface area contributed by atoms with E-state index < -0.39 is 0 Å². The molecule has 0 aliphatic heterocycles. The van der Waals surface area contributed by atoms with E-state index >= 15 is 0 Å². The van der Waals surface area contributed by atoms with Gasteiger partial charge in [0.1, 0.15) is 0 Å². The molecule has 1 N–H and O–H groups in total. The Morgan fingerprint density at radius 2 is 2.29 bits per heavy atom. The van der Waals surface area contributed by atoms with Crippen LogP contribution < -0.4 is 5.32 Å². The quantitative estimate of drug-likeness (QED) is 0.617. The van der Waals surface area contributed by atoms with Crippen molar-refractivity contribution < 1.29 is 9.32 Å². The molecule has 0 spiro atoms. The predicted molar refractivity (Wildman–Crippen MR) is 97.8 cm³/mol. The van der Waals surface area contributed by atoms with Crippen LogP contribution in [0, 0.1) is 6.92 Å². The summed E-state index contributed by atoms with van der Waals surface area (Å²) in [6.45, 7) is 1.94. The minimum Gasteiger partial charge on any atom is -0.339 e. The highest BCUT2D eigenvalue weighted by Gasteiger charge is 2.12. The number of aromatic nitrogens is 3.